The molecule has 2 aliphatic rings. The number of fused-ring (bicyclic) bond motifs is 6. The summed E-state index contributed by atoms with van der Waals surface area (Å²) >= 11 is 0. The van der Waals surface area contributed by atoms with Gasteiger partial charge in [0.25, 0.3) is 0 Å². The van der Waals surface area contributed by atoms with Crippen LogP contribution in [0, 0.1) is 39.4 Å². The summed E-state index contributed by atoms with van der Waals surface area (Å²) in [6.07, 6.45) is 11.4. The van der Waals surface area contributed by atoms with E-state index < -0.39 is 5.41 Å². The molecule has 2 aliphatic carbocycles. The van der Waals surface area contributed by atoms with Crippen LogP contribution in [0.1, 0.15) is 42.1 Å². The maximum atomic E-state index is 9.84. The van der Waals surface area contributed by atoms with Gasteiger partial charge in [0, 0.05) is 38.4 Å². The zero-order valence-electron chi connectivity index (χ0n) is 21.4. The molecule has 0 N–H and O–H groups in total. The van der Waals surface area contributed by atoms with Gasteiger partial charge in [-0.25, -0.2) is 0 Å². The summed E-state index contributed by atoms with van der Waals surface area (Å²) < 4.78 is 4.50. The summed E-state index contributed by atoms with van der Waals surface area (Å²) in [7, 11) is 0. The standard InChI is InChI=1S/C34H23N5/c1-34(21-37)14-13-32-29(18-34)26-7-2-3-8-30(26)38(32)25-10-11-27-28-16-23(20-36)9-12-31(28)39(33(27)17-25)24-6-4-5-22(15-24)19-35/h3-6,8-13,15-18H,2,7,14H2,1H3. The fourth-order valence-electron chi connectivity index (χ4n) is 6.15. The molecular formula is C34H23N5. The van der Waals surface area contributed by atoms with E-state index in [4.69, 9.17) is 0 Å². The van der Waals surface area contributed by atoms with E-state index in [9.17, 15) is 15.8 Å². The molecule has 1 atom stereocenters. The van der Waals surface area contributed by atoms with E-state index in [0.29, 0.717) is 17.5 Å². The van der Waals surface area contributed by atoms with Crippen molar-refractivity contribution in [2.45, 2.75) is 26.2 Å². The van der Waals surface area contributed by atoms with Crippen LogP contribution in [0.4, 0.5) is 0 Å². The minimum Gasteiger partial charge on any atom is -0.310 e. The first-order valence-corrected chi connectivity index (χ1v) is 13.1. The molecule has 0 bridgehead atoms. The molecule has 0 fully saturated rings. The molecule has 1 unspecified atom stereocenters. The van der Waals surface area contributed by atoms with E-state index in [0.717, 1.165) is 51.4 Å². The Labute approximate surface area is 225 Å². The zero-order chi connectivity index (χ0) is 26.7. The van der Waals surface area contributed by atoms with Crippen molar-refractivity contribution < 1.29 is 0 Å². The molecule has 3 aromatic carbocycles. The van der Waals surface area contributed by atoms with Gasteiger partial charge in [-0.15, -0.1) is 0 Å². The highest BCUT2D eigenvalue weighted by atomic mass is 15.0. The van der Waals surface area contributed by atoms with Crippen LogP contribution in [0.15, 0.2) is 66.7 Å². The van der Waals surface area contributed by atoms with Crippen molar-refractivity contribution in [3.05, 3.63) is 99.7 Å². The lowest BCUT2D eigenvalue weighted by Gasteiger charge is -2.17. The molecule has 2 heterocycles. The van der Waals surface area contributed by atoms with Crippen molar-refractivity contribution in [2.75, 3.05) is 0 Å². The van der Waals surface area contributed by atoms with Gasteiger partial charge in [-0.3, -0.25) is 0 Å². The topological polar surface area (TPSA) is 81.2 Å². The van der Waals surface area contributed by atoms with Crippen molar-refractivity contribution >= 4 is 40.0 Å². The molecule has 2 aromatic heterocycles. The number of benzene rings is 3. The summed E-state index contributed by atoms with van der Waals surface area (Å²) in [6.45, 7) is 2.00. The fraction of sp³-hybridized carbons (Fsp3) is 0.147. The summed E-state index contributed by atoms with van der Waals surface area (Å²) in [5, 5.41) is 33.3. The van der Waals surface area contributed by atoms with Crippen LogP contribution in [0.3, 0.4) is 0 Å². The molecule has 5 aromatic rings. The van der Waals surface area contributed by atoms with Gasteiger partial charge >= 0.3 is 0 Å². The van der Waals surface area contributed by atoms with Gasteiger partial charge in [-0.05, 0) is 86.4 Å². The average Bonchev–Trinajstić information content (AvgIpc) is 3.48. The first-order valence-electron chi connectivity index (χ1n) is 13.1. The van der Waals surface area contributed by atoms with Crippen molar-refractivity contribution in [1.29, 1.82) is 15.8 Å². The Kier molecular flexibility index (Phi) is 4.90. The van der Waals surface area contributed by atoms with E-state index in [1.165, 1.54) is 16.5 Å². The van der Waals surface area contributed by atoms with E-state index in [-0.39, 0.29) is 0 Å². The third-order valence-corrected chi connectivity index (χ3v) is 8.04. The molecular weight excluding hydrogens is 478 g/mol. The molecule has 184 valence electrons. The van der Waals surface area contributed by atoms with Gasteiger partial charge in [0.05, 0.1) is 45.8 Å². The molecule has 5 nitrogen and oxygen atoms in total. The van der Waals surface area contributed by atoms with Crippen LogP contribution in [-0.2, 0) is 6.42 Å². The van der Waals surface area contributed by atoms with E-state index in [1.54, 1.807) is 0 Å². The largest absolute Gasteiger partial charge is 0.310 e. The third kappa shape index (κ3) is 3.36. The van der Waals surface area contributed by atoms with Crippen LogP contribution in [0.25, 0.3) is 51.4 Å². The highest BCUT2D eigenvalue weighted by Crippen LogP contribution is 2.35. The molecule has 0 aliphatic heterocycles. The second-order valence-corrected chi connectivity index (χ2v) is 10.6. The number of hydrogen-bond acceptors (Lipinski definition) is 3. The molecule has 0 amide bonds. The highest BCUT2D eigenvalue weighted by Gasteiger charge is 2.26. The van der Waals surface area contributed by atoms with Gasteiger partial charge in [0.1, 0.15) is 0 Å². The van der Waals surface area contributed by atoms with Gasteiger partial charge in [0.15, 0.2) is 0 Å². The van der Waals surface area contributed by atoms with Crippen molar-refractivity contribution in [3.8, 4) is 29.6 Å². The molecule has 0 saturated heterocycles. The number of aromatic nitrogens is 2. The Morgan fingerprint density at radius 1 is 0.821 bits per heavy atom. The maximum absolute atomic E-state index is 9.84. The van der Waals surface area contributed by atoms with Crippen LogP contribution in [0.5, 0.6) is 0 Å². The Bertz CT molecular complexity index is 2150. The normalized spacial score (nSPS) is 17.4. The Morgan fingerprint density at radius 3 is 2.46 bits per heavy atom. The lowest BCUT2D eigenvalue weighted by atomic mass is 9.84. The fourth-order valence-corrected chi connectivity index (χ4v) is 6.15. The Balaban J connectivity index is 1.57. The van der Waals surface area contributed by atoms with Crippen molar-refractivity contribution in [1.82, 2.24) is 9.13 Å². The van der Waals surface area contributed by atoms with Crippen LogP contribution in [-0.4, -0.2) is 9.13 Å². The molecule has 5 heteroatoms. The smallest absolute Gasteiger partial charge is 0.0992 e. The first-order chi connectivity index (χ1) is 19.0. The first kappa shape index (κ1) is 22.9. The second kappa shape index (κ2) is 8.35. The maximum Gasteiger partial charge on any atom is 0.0992 e. The minimum atomic E-state index is -0.505. The highest BCUT2D eigenvalue weighted by molar-refractivity contribution is 6.10. The monoisotopic (exact) mass is 501 g/mol. The number of allylic oxidation sites excluding steroid dienone is 1. The summed E-state index contributed by atoms with van der Waals surface area (Å²) in [6, 6.07) is 26.9. The van der Waals surface area contributed by atoms with Gasteiger partial charge in [0.2, 0.25) is 0 Å². The van der Waals surface area contributed by atoms with Crippen molar-refractivity contribution in [2.24, 2.45) is 5.41 Å². The summed E-state index contributed by atoms with van der Waals surface area (Å²) in [5.41, 5.74) is 7.09. The lowest BCUT2D eigenvalue weighted by Crippen LogP contribution is -2.36. The number of nitrogens with zero attached hydrogens (tertiary/aromatic N) is 5. The van der Waals surface area contributed by atoms with Gasteiger partial charge < -0.3 is 9.13 Å². The molecule has 7 rings (SSSR count). The van der Waals surface area contributed by atoms with Crippen LogP contribution < -0.4 is 10.6 Å². The Hall–Kier alpha value is -5.31. The predicted octanol–water partition coefficient (Wildman–Crippen LogP) is 5.77. The zero-order valence-corrected chi connectivity index (χ0v) is 21.4. The Morgan fingerprint density at radius 2 is 1.64 bits per heavy atom. The molecule has 0 radical (unpaired) electrons. The van der Waals surface area contributed by atoms with Crippen LogP contribution in [0.2, 0.25) is 0 Å². The number of hydrogen-bond donors (Lipinski definition) is 0. The SMILES string of the molecule is CC1(C#N)C=c2c3c(n(-c4ccc5c6cc(C#N)ccc6n(-c6cccc(C#N)c6)c5c4)c2=CC1)C=CCC3. The average molecular weight is 502 g/mol. The van der Waals surface area contributed by atoms with E-state index in [1.807, 2.05) is 49.4 Å². The summed E-state index contributed by atoms with van der Waals surface area (Å²) in [4.78, 5) is 0. The second-order valence-electron chi connectivity index (χ2n) is 10.6. The molecule has 0 saturated carbocycles. The number of rotatable bonds is 2. The predicted molar refractivity (Wildman–Crippen MR) is 153 cm³/mol. The summed E-state index contributed by atoms with van der Waals surface area (Å²) in [5.74, 6) is 0. The van der Waals surface area contributed by atoms with Crippen LogP contribution >= 0.6 is 0 Å². The van der Waals surface area contributed by atoms with Gasteiger partial charge in [-0.1, -0.05) is 30.4 Å². The lowest BCUT2D eigenvalue weighted by molar-refractivity contribution is 0.626. The van der Waals surface area contributed by atoms with E-state index in [2.05, 4.69) is 69.8 Å². The third-order valence-electron chi connectivity index (χ3n) is 8.04. The molecule has 0 spiro atoms. The quantitative estimate of drug-likeness (QED) is 0.308. The number of nitriles is 3. The van der Waals surface area contributed by atoms with Gasteiger partial charge in [-0.2, -0.15) is 15.8 Å². The molecule has 39 heavy (non-hydrogen) atoms. The minimum absolute atomic E-state index is 0.505. The van der Waals surface area contributed by atoms with E-state index >= 15 is 0 Å². The van der Waals surface area contributed by atoms with Crippen molar-refractivity contribution in [3.63, 3.8) is 0 Å².